The number of aliphatic hydroxyl groups excluding tert-OH is 1. The summed E-state index contributed by atoms with van der Waals surface area (Å²) in [5.74, 6) is -1.18. The standard InChI is InChI=1S/C20H17Cl2N3O6/c1-10(26)30-17-16(27)13(8-29-20(28)11-5-3-2-4-6-11)31-19(17)25-9-23-15-12(25)7-14(21)24-18(15)22/h2-7,9,13,16-17,19,27H,8H2,1H3/t13-,16-,17-,19+/m1/s1. The van der Waals surface area contributed by atoms with E-state index >= 15 is 0 Å². The van der Waals surface area contributed by atoms with Crippen LogP contribution in [0.4, 0.5) is 0 Å². The lowest BCUT2D eigenvalue weighted by Crippen LogP contribution is -2.37. The highest BCUT2D eigenvalue weighted by molar-refractivity contribution is 6.36. The minimum Gasteiger partial charge on any atom is -0.459 e. The van der Waals surface area contributed by atoms with Gasteiger partial charge in [-0.1, -0.05) is 41.4 Å². The van der Waals surface area contributed by atoms with Crippen molar-refractivity contribution in [1.82, 2.24) is 14.5 Å². The molecule has 11 heteroatoms. The topological polar surface area (TPSA) is 113 Å². The minimum atomic E-state index is -1.26. The van der Waals surface area contributed by atoms with Gasteiger partial charge in [0, 0.05) is 13.0 Å². The van der Waals surface area contributed by atoms with Crippen LogP contribution in [0.15, 0.2) is 42.7 Å². The highest BCUT2D eigenvalue weighted by Crippen LogP contribution is 2.35. The molecular weight excluding hydrogens is 449 g/mol. The molecule has 0 bridgehead atoms. The minimum absolute atomic E-state index is 0.0946. The van der Waals surface area contributed by atoms with Gasteiger partial charge in [-0.3, -0.25) is 9.36 Å². The summed E-state index contributed by atoms with van der Waals surface area (Å²) >= 11 is 12.1. The van der Waals surface area contributed by atoms with Crippen LogP contribution in [0.3, 0.4) is 0 Å². The normalized spacial score (nSPS) is 23.1. The van der Waals surface area contributed by atoms with E-state index < -0.39 is 36.5 Å². The molecule has 0 saturated carbocycles. The monoisotopic (exact) mass is 465 g/mol. The van der Waals surface area contributed by atoms with Crippen molar-refractivity contribution in [3.8, 4) is 0 Å². The van der Waals surface area contributed by atoms with Crippen LogP contribution in [0.1, 0.15) is 23.5 Å². The van der Waals surface area contributed by atoms with Crippen molar-refractivity contribution in [2.24, 2.45) is 0 Å². The van der Waals surface area contributed by atoms with E-state index in [0.29, 0.717) is 16.6 Å². The van der Waals surface area contributed by atoms with Gasteiger partial charge >= 0.3 is 11.9 Å². The Morgan fingerprint density at radius 3 is 2.71 bits per heavy atom. The van der Waals surface area contributed by atoms with Gasteiger partial charge in [-0.05, 0) is 12.1 Å². The number of aliphatic hydroxyl groups is 1. The van der Waals surface area contributed by atoms with Gasteiger partial charge in [-0.2, -0.15) is 0 Å². The summed E-state index contributed by atoms with van der Waals surface area (Å²) in [6.07, 6.45) is -2.84. The Morgan fingerprint density at radius 2 is 2.00 bits per heavy atom. The highest BCUT2D eigenvalue weighted by Gasteiger charge is 2.48. The molecule has 0 radical (unpaired) electrons. The molecule has 1 aromatic carbocycles. The van der Waals surface area contributed by atoms with E-state index in [-0.39, 0.29) is 16.9 Å². The third kappa shape index (κ3) is 4.35. The van der Waals surface area contributed by atoms with Crippen LogP contribution in [-0.4, -0.2) is 56.5 Å². The number of aromatic nitrogens is 3. The van der Waals surface area contributed by atoms with Crippen molar-refractivity contribution >= 4 is 46.2 Å². The van der Waals surface area contributed by atoms with Crippen molar-refractivity contribution in [2.75, 3.05) is 6.61 Å². The number of benzene rings is 1. The van der Waals surface area contributed by atoms with E-state index in [2.05, 4.69) is 9.97 Å². The van der Waals surface area contributed by atoms with Crippen LogP contribution < -0.4 is 0 Å². The summed E-state index contributed by atoms with van der Waals surface area (Å²) in [5.41, 5.74) is 1.20. The van der Waals surface area contributed by atoms with Gasteiger partial charge in [0.25, 0.3) is 0 Å². The Hall–Kier alpha value is -2.72. The zero-order valence-electron chi connectivity index (χ0n) is 16.1. The molecule has 0 unspecified atom stereocenters. The molecule has 2 aromatic heterocycles. The predicted octanol–water partition coefficient (Wildman–Crippen LogP) is 2.79. The van der Waals surface area contributed by atoms with Gasteiger partial charge in [0.1, 0.15) is 29.5 Å². The number of hydrogen-bond acceptors (Lipinski definition) is 8. The molecule has 9 nitrogen and oxygen atoms in total. The first kappa shape index (κ1) is 21.5. The number of fused-ring (bicyclic) bond motifs is 1. The lowest BCUT2D eigenvalue weighted by atomic mass is 10.1. The molecule has 31 heavy (non-hydrogen) atoms. The third-order valence-corrected chi connectivity index (χ3v) is 5.22. The van der Waals surface area contributed by atoms with Crippen LogP contribution in [0.2, 0.25) is 10.3 Å². The molecule has 3 aromatic rings. The summed E-state index contributed by atoms with van der Waals surface area (Å²) in [6.45, 7) is 0.967. The molecule has 0 aliphatic carbocycles. The molecular formula is C20H17Cl2N3O6. The molecule has 4 atom stereocenters. The van der Waals surface area contributed by atoms with Crippen LogP contribution in [0.5, 0.6) is 0 Å². The Morgan fingerprint density at radius 1 is 1.26 bits per heavy atom. The molecule has 3 heterocycles. The molecule has 4 rings (SSSR count). The van der Waals surface area contributed by atoms with Crippen LogP contribution >= 0.6 is 23.2 Å². The summed E-state index contributed by atoms with van der Waals surface area (Å²) in [6, 6.07) is 9.94. The maximum absolute atomic E-state index is 12.2. The van der Waals surface area contributed by atoms with Crippen LogP contribution in [0.25, 0.3) is 11.0 Å². The van der Waals surface area contributed by atoms with Gasteiger partial charge in [0.15, 0.2) is 17.5 Å². The number of rotatable bonds is 5. The van der Waals surface area contributed by atoms with E-state index in [1.54, 1.807) is 30.3 Å². The second-order valence-electron chi connectivity index (χ2n) is 6.85. The lowest BCUT2D eigenvalue weighted by Gasteiger charge is -2.21. The molecule has 0 spiro atoms. The average molecular weight is 466 g/mol. The van der Waals surface area contributed by atoms with Gasteiger partial charge in [-0.25, -0.2) is 14.8 Å². The highest BCUT2D eigenvalue weighted by atomic mass is 35.5. The fourth-order valence-corrected chi connectivity index (χ4v) is 3.85. The zero-order valence-corrected chi connectivity index (χ0v) is 17.7. The van der Waals surface area contributed by atoms with Gasteiger partial charge in [-0.15, -0.1) is 0 Å². The number of esters is 2. The van der Waals surface area contributed by atoms with E-state index in [1.165, 1.54) is 23.9 Å². The van der Waals surface area contributed by atoms with E-state index in [1.807, 2.05) is 0 Å². The number of pyridine rings is 1. The Balaban J connectivity index is 1.59. The first-order valence-corrected chi connectivity index (χ1v) is 10.0. The second kappa shape index (κ2) is 8.80. The van der Waals surface area contributed by atoms with Crippen molar-refractivity contribution in [2.45, 2.75) is 31.5 Å². The summed E-state index contributed by atoms with van der Waals surface area (Å²) in [4.78, 5) is 32.0. The van der Waals surface area contributed by atoms with Gasteiger partial charge < -0.3 is 19.3 Å². The summed E-state index contributed by atoms with van der Waals surface area (Å²) in [5, 5.41) is 11.0. The zero-order chi connectivity index (χ0) is 22.1. The number of ether oxygens (including phenoxy) is 3. The van der Waals surface area contributed by atoms with Crippen molar-refractivity contribution < 1.29 is 28.9 Å². The predicted molar refractivity (Wildman–Crippen MR) is 110 cm³/mol. The average Bonchev–Trinajstić information content (AvgIpc) is 3.28. The SMILES string of the molecule is CC(=O)O[C@@H]1[C@H](O)[C@@H](COC(=O)c2ccccc2)O[C@@H]1n1cnc2c(Cl)nc(Cl)cc21. The largest absolute Gasteiger partial charge is 0.459 e. The summed E-state index contributed by atoms with van der Waals surface area (Å²) in [7, 11) is 0. The maximum atomic E-state index is 12.2. The Labute approximate surface area is 186 Å². The summed E-state index contributed by atoms with van der Waals surface area (Å²) < 4.78 is 18.0. The number of hydrogen-bond donors (Lipinski definition) is 1. The fourth-order valence-electron chi connectivity index (χ4n) is 3.38. The number of carbonyl (C=O) groups is 2. The lowest BCUT2D eigenvalue weighted by molar-refractivity contribution is -0.155. The first-order chi connectivity index (χ1) is 14.8. The maximum Gasteiger partial charge on any atom is 0.338 e. The van der Waals surface area contributed by atoms with Crippen LogP contribution in [-0.2, 0) is 19.0 Å². The molecule has 1 saturated heterocycles. The molecule has 1 fully saturated rings. The number of halogens is 2. The first-order valence-electron chi connectivity index (χ1n) is 9.26. The number of imidazole rings is 1. The Bertz CT molecular complexity index is 1120. The number of carbonyl (C=O) groups excluding carboxylic acids is 2. The van der Waals surface area contributed by atoms with Crippen molar-refractivity contribution in [3.63, 3.8) is 0 Å². The smallest absolute Gasteiger partial charge is 0.338 e. The van der Waals surface area contributed by atoms with E-state index in [4.69, 9.17) is 37.4 Å². The van der Waals surface area contributed by atoms with E-state index in [9.17, 15) is 14.7 Å². The molecule has 162 valence electrons. The molecule has 1 aliphatic heterocycles. The molecule has 1 N–H and O–H groups in total. The Kier molecular flexibility index (Phi) is 6.10. The van der Waals surface area contributed by atoms with Gasteiger partial charge in [0.2, 0.25) is 0 Å². The van der Waals surface area contributed by atoms with E-state index in [0.717, 1.165) is 0 Å². The second-order valence-corrected chi connectivity index (χ2v) is 7.59. The van der Waals surface area contributed by atoms with Crippen molar-refractivity contribution in [3.05, 3.63) is 58.6 Å². The molecule has 1 aliphatic rings. The fraction of sp³-hybridized carbons (Fsp3) is 0.300. The quantitative estimate of drug-likeness (QED) is 0.451. The number of nitrogens with zero attached hydrogens (tertiary/aromatic N) is 3. The van der Waals surface area contributed by atoms with Crippen LogP contribution in [0, 0.1) is 0 Å². The van der Waals surface area contributed by atoms with Crippen molar-refractivity contribution in [1.29, 1.82) is 0 Å². The van der Waals surface area contributed by atoms with Gasteiger partial charge in [0.05, 0.1) is 17.4 Å². The third-order valence-electron chi connectivity index (χ3n) is 4.77. The molecule has 0 amide bonds.